The molecule has 0 aromatic heterocycles. The van der Waals surface area contributed by atoms with Crippen LogP contribution in [0, 0.1) is 5.41 Å². The van der Waals surface area contributed by atoms with E-state index >= 15 is 0 Å². The fourth-order valence-electron chi connectivity index (χ4n) is 3.30. The third-order valence-electron chi connectivity index (χ3n) is 4.86. The van der Waals surface area contributed by atoms with E-state index in [2.05, 4.69) is 31.9 Å². The third kappa shape index (κ3) is 3.55. The molecule has 2 N–H and O–H groups in total. The molecule has 0 spiro atoms. The van der Waals surface area contributed by atoms with Crippen LogP contribution in [0.15, 0.2) is 24.3 Å². The van der Waals surface area contributed by atoms with Gasteiger partial charge in [-0.05, 0) is 49.8 Å². The summed E-state index contributed by atoms with van der Waals surface area (Å²) in [5.74, 6) is 0. The molecule has 0 amide bonds. The summed E-state index contributed by atoms with van der Waals surface area (Å²) in [5, 5.41) is 0.825. The van der Waals surface area contributed by atoms with Gasteiger partial charge in [0.05, 0.1) is 0 Å². The first kappa shape index (κ1) is 15.8. The topological polar surface area (TPSA) is 29.3 Å². The number of nitrogens with zero attached hydrogens (tertiary/aromatic N) is 1. The summed E-state index contributed by atoms with van der Waals surface area (Å²) in [6.07, 6.45) is 5.10. The molecule has 1 aromatic rings. The molecule has 2 nitrogen and oxygen atoms in total. The van der Waals surface area contributed by atoms with E-state index in [0.717, 1.165) is 10.6 Å². The molecule has 1 saturated carbocycles. The van der Waals surface area contributed by atoms with Crippen LogP contribution in [0.1, 0.15) is 51.1 Å². The van der Waals surface area contributed by atoms with Gasteiger partial charge in [-0.1, -0.05) is 43.6 Å². The van der Waals surface area contributed by atoms with Crippen molar-refractivity contribution in [1.29, 1.82) is 0 Å². The summed E-state index contributed by atoms with van der Waals surface area (Å²) >= 11 is 6.34. The van der Waals surface area contributed by atoms with Crippen LogP contribution < -0.4 is 5.73 Å². The molecule has 3 heteroatoms. The van der Waals surface area contributed by atoms with Crippen molar-refractivity contribution >= 4 is 11.6 Å². The highest BCUT2D eigenvalue weighted by atomic mass is 35.5. The van der Waals surface area contributed by atoms with Crippen molar-refractivity contribution < 1.29 is 0 Å². The van der Waals surface area contributed by atoms with Crippen LogP contribution in [0.25, 0.3) is 0 Å². The largest absolute Gasteiger partial charge is 0.329 e. The lowest BCUT2D eigenvalue weighted by atomic mass is 9.75. The lowest BCUT2D eigenvalue weighted by Gasteiger charge is -2.41. The van der Waals surface area contributed by atoms with E-state index in [1.807, 2.05) is 18.2 Å². The van der Waals surface area contributed by atoms with Crippen LogP contribution in [0.3, 0.4) is 0 Å². The van der Waals surface area contributed by atoms with Crippen LogP contribution >= 0.6 is 11.6 Å². The SMILES string of the molecule is CN(C1CCC(C)(C)CC1)C(CN)c1ccccc1Cl. The van der Waals surface area contributed by atoms with Crippen LogP contribution in [-0.4, -0.2) is 24.5 Å². The summed E-state index contributed by atoms with van der Waals surface area (Å²) in [6, 6.07) is 8.91. The zero-order valence-corrected chi connectivity index (χ0v) is 13.7. The van der Waals surface area contributed by atoms with Gasteiger partial charge in [-0.15, -0.1) is 0 Å². The Bertz CT molecular complexity index is 434. The second-order valence-corrected chi connectivity index (χ2v) is 7.24. The van der Waals surface area contributed by atoms with Crippen molar-refractivity contribution in [2.24, 2.45) is 11.1 Å². The van der Waals surface area contributed by atoms with E-state index in [-0.39, 0.29) is 6.04 Å². The maximum Gasteiger partial charge on any atom is 0.0485 e. The first-order chi connectivity index (χ1) is 9.44. The molecular weight excluding hydrogens is 268 g/mol. The highest BCUT2D eigenvalue weighted by Crippen LogP contribution is 2.39. The van der Waals surface area contributed by atoms with Gasteiger partial charge in [0.15, 0.2) is 0 Å². The predicted octanol–water partition coefficient (Wildman–Crippen LogP) is 4.24. The normalized spacial score (nSPS) is 21.1. The van der Waals surface area contributed by atoms with Gasteiger partial charge in [0, 0.05) is 23.7 Å². The lowest BCUT2D eigenvalue weighted by Crippen LogP contribution is -2.41. The molecule has 0 heterocycles. The van der Waals surface area contributed by atoms with E-state index in [1.165, 1.54) is 25.7 Å². The average molecular weight is 295 g/mol. The summed E-state index contributed by atoms with van der Waals surface area (Å²) in [5.41, 5.74) is 7.69. The van der Waals surface area contributed by atoms with Gasteiger partial charge in [0.1, 0.15) is 0 Å². The minimum atomic E-state index is 0.218. The quantitative estimate of drug-likeness (QED) is 0.900. The molecule has 112 valence electrons. The van der Waals surface area contributed by atoms with Crippen LogP contribution in [-0.2, 0) is 0 Å². The molecule has 0 radical (unpaired) electrons. The summed E-state index contributed by atoms with van der Waals surface area (Å²) in [4.78, 5) is 2.44. The highest BCUT2D eigenvalue weighted by Gasteiger charge is 2.31. The van der Waals surface area contributed by atoms with Crippen molar-refractivity contribution in [2.75, 3.05) is 13.6 Å². The van der Waals surface area contributed by atoms with E-state index in [9.17, 15) is 0 Å². The fraction of sp³-hybridized carbons (Fsp3) is 0.647. The van der Waals surface area contributed by atoms with Crippen molar-refractivity contribution in [1.82, 2.24) is 4.90 Å². The van der Waals surface area contributed by atoms with E-state index in [0.29, 0.717) is 18.0 Å². The molecule has 2 rings (SSSR count). The Morgan fingerprint density at radius 2 is 1.90 bits per heavy atom. The number of benzene rings is 1. The van der Waals surface area contributed by atoms with Crippen LogP contribution in [0.4, 0.5) is 0 Å². The number of likely N-dealkylation sites (N-methyl/N-ethyl adjacent to an activating group) is 1. The van der Waals surface area contributed by atoms with Crippen LogP contribution in [0.5, 0.6) is 0 Å². The first-order valence-corrected chi connectivity index (χ1v) is 7.99. The summed E-state index contributed by atoms with van der Waals surface area (Å²) in [6.45, 7) is 5.36. The Labute approximate surface area is 128 Å². The Kier molecular flexibility index (Phi) is 5.11. The highest BCUT2D eigenvalue weighted by molar-refractivity contribution is 6.31. The molecule has 0 bridgehead atoms. The van der Waals surface area contributed by atoms with Crippen molar-refractivity contribution in [3.05, 3.63) is 34.9 Å². The number of rotatable bonds is 4. The number of hydrogen-bond acceptors (Lipinski definition) is 2. The molecule has 20 heavy (non-hydrogen) atoms. The molecule has 0 aliphatic heterocycles. The monoisotopic (exact) mass is 294 g/mol. The van der Waals surface area contributed by atoms with E-state index < -0.39 is 0 Å². The van der Waals surface area contributed by atoms with Gasteiger partial charge in [-0.2, -0.15) is 0 Å². The van der Waals surface area contributed by atoms with Crippen molar-refractivity contribution in [2.45, 2.75) is 51.6 Å². The molecule has 1 unspecified atom stereocenters. The van der Waals surface area contributed by atoms with Gasteiger partial charge in [-0.3, -0.25) is 4.90 Å². The summed E-state index contributed by atoms with van der Waals surface area (Å²) < 4.78 is 0. The second-order valence-electron chi connectivity index (χ2n) is 6.83. The van der Waals surface area contributed by atoms with Gasteiger partial charge in [0.2, 0.25) is 0 Å². The lowest BCUT2D eigenvalue weighted by molar-refractivity contribution is 0.0967. The Morgan fingerprint density at radius 1 is 1.30 bits per heavy atom. The maximum atomic E-state index is 6.34. The van der Waals surface area contributed by atoms with Gasteiger partial charge in [-0.25, -0.2) is 0 Å². The van der Waals surface area contributed by atoms with E-state index in [4.69, 9.17) is 17.3 Å². The Hall–Kier alpha value is -0.570. The maximum absolute atomic E-state index is 6.34. The van der Waals surface area contributed by atoms with Crippen molar-refractivity contribution in [3.63, 3.8) is 0 Å². The van der Waals surface area contributed by atoms with Gasteiger partial charge < -0.3 is 5.73 Å². The summed E-state index contributed by atoms with van der Waals surface area (Å²) in [7, 11) is 2.20. The minimum Gasteiger partial charge on any atom is -0.329 e. The van der Waals surface area contributed by atoms with Crippen LogP contribution in [0.2, 0.25) is 5.02 Å². The molecule has 1 aliphatic carbocycles. The fourth-order valence-corrected chi connectivity index (χ4v) is 3.57. The standard InChI is InChI=1S/C17H27ClN2/c1-17(2)10-8-13(9-11-17)20(3)16(12-19)14-6-4-5-7-15(14)18/h4-7,13,16H,8-12,19H2,1-3H3. The Balaban J connectivity index is 2.10. The predicted molar refractivity (Wildman–Crippen MR) is 87.0 cm³/mol. The van der Waals surface area contributed by atoms with Gasteiger partial charge >= 0.3 is 0 Å². The molecule has 0 saturated heterocycles. The number of nitrogens with two attached hydrogens (primary N) is 1. The number of halogens is 1. The van der Waals surface area contributed by atoms with Crippen molar-refractivity contribution in [3.8, 4) is 0 Å². The number of hydrogen-bond donors (Lipinski definition) is 1. The third-order valence-corrected chi connectivity index (χ3v) is 5.21. The first-order valence-electron chi connectivity index (χ1n) is 7.61. The second kappa shape index (κ2) is 6.46. The smallest absolute Gasteiger partial charge is 0.0485 e. The van der Waals surface area contributed by atoms with Gasteiger partial charge in [0.25, 0.3) is 0 Å². The zero-order chi connectivity index (χ0) is 14.8. The average Bonchev–Trinajstić information content (AvgIpc) is 2.41. The molecule has 1 aromatic carbocycles. The minimum absolute atomic E-state index is 0.218. The Morgan fingerprint density at radius 3 is 2.45 bits per heavy atom. The molecule has 1 fully saturated rings. The zero-order valence-electron chi connectivity index (χ0n) is 12.9. The molecule has 1 atom stereocenters. The van der Waals surface area contributed by atoms with E-state index in [1.54, 1.807) is 0 Å². The molecular formula is C17H27ClN2. The molecule has 1 aliphatic rings.